The monoisotopic (exact) mass is 327 g/mol. The smallest absolute Gasteiger partial charge is 0.271 e. The summed E-state index contributed by atoms with van der Waals surface area (Å²) in [6, 6.07) is 4.30. The van der Waals surface area contributed by atoms with Crippen LogP contribution in [0.1, 0.15) is 6.92 Å². The van der Waals surface area contributed by atoms with Crippen molar-refractivity contribution in [2.75, 3.05) is 18.4 Å². The number of rotatable bonds is 3. The summed E-state index contributed by atoms with van der Waals surface area (Å²) < 4.78 is 0.630. The number of nitrogens with zero attached hydrogens (tertiary/aromatic N) is 1. The van der Waals surface area contributed by atoms with Gasteiger partial charge in [0.2, 0.25) is 5.91 Å². The average molecular weight is 328 g/mol. The van der Waals surface area contributed by atoms with E-state index in [1.807, 2.05) is 6.92 Å². The van der Waals surface area contributed by atoms with E-state index in [1.165, 1.54) is 12.1 Å². The van der Waals surface area contributed by atoms with Crippen molar-refractivity contribution in [2.45, 2.75) is 6.92 Å². The standard InChI is InChI=1S/C12H14BrN3O3/c1-7-5-14-6-9(7)12(17)15-11-4-8(16(18)19)2-3-10(11)13/h2-4,7,9,14H,5-6H2,1H3,(H,15,17)/t7-,9-/m1/s1. The fourth-order valence-electron chi connectivity index (χ4n) is 2.11. The molecule has 102 valence electrons. The van der Waals surface area contributed by atoms with Crippen molar-refractivity contribution in [1.29, 1.82) is 0 Å². The van der Waals surface area contributed by atoms with Crippen LogP contribution in [0.2, 0.25) is 0 Å². The number of amides is 1. The molecule has 2 rings (SSSR count). The minimum atomic E-state index is -0.484. The Morgan fingerprint density at radius 2 is 2.26 bits per heavy atom. The zero-order chi connectivity index (χ0) is 14.0. The third-order valence-electron chi connectivity index (χ3n) is 3.27. The molecule has 2 N–H and O–H groups in total. The summed E-state index contributed by atoms with van der Waals surface area (Å²) in [4.78, 5) is 22.4. The molecule has 2 atom stereocenters. The van der Waals surface area contributed by atoms with Gasteiger partial charge in [0.05, 0.1) is 16.5 Å². The summed E-state index contributed by atoms with van der Waals surface area (Å²) in [6.07, 6.45) is 0. The largest absolute Gasteiger partial charge is 0.325 e. The molecule has 1 heterocycles. The van der Waals surface area contributed by atoms with E-state index in [9.17, 15) is 14.9 Å². The second-order valence-electron chi connectivity index (χ2n) is 4.65. The van der Waals surface area contributed by atoms with Crippen molar-refractivity contribution in [3.8, 4) is 0 Å². The number of hydrogen-bond acceptors (Lipinski definition) is 4. The number of benzene rings is 1. The van der Waals surface area contributed by atoms with Crippen LogP contribution in [0.3, 0.4) is 0 Å². The fraction of sp³-hybridized carbons (Fsp3) is 0.417. The SMILES string of the molecule is C[C@@H]1CNC[C@H]1C(=O)Nc1cc([N+](=O)[O-])ccc1Br. The van der Waals surface area contributed by atoms with Gasteiger partial charge in [-0.15, -0.1) is 0 Å². The highest BCUT2D eigenvalue weighted by atomic mass is 79.9. The van der Waals surface area contributed by atoms with E-state index >= 15 is 0 Å². The minimum Gasteiger partial charge on any atom is -0.325 e. The van der Waals surface area contributed by atoms with Gasteiger partial charge in [0.25, 0.3) is 5.69 Å². The number of non-ortho nitro benzene ring substituents is 1. The van der Waals surface area contributed by atoms with Gasteiger partial charge >= 0.3 is 0 Å². The number of hydrogen-bond donors (Lipinski definition) is 2. The van der Waals surface area contributed by atoms with E-state index in [0.29, 0.717) is 16.7 Å². The van der Waals surface area contributed by atoms with Crippen molar-refractivity contribution < 1.29 is 9.72 Å². The van der Waals surface area contributed by atoms with Crippen LogP contribution in [-0.2, 0) is 4.79 Å². The minimum absolute atomic E-state index is 0.0453. The highest BCUT2D eigenvalue weighted by Gasteiger charge is 2.30. The van der Waals surface area contributed by atoms with Gasteiger partial charge in [-0.05, 0) is 34.5 Å². The first-order chi connectivity index (χ1) is 8.99. The predicted molar refractivity (Wildman–Crippen MR) is 74.9 cm³/mol. The lowest BCUT2D eigenvalue weighted by Crippen LogP contribution is -2.28. The van der Waals surface area contributed by atoms with Gasteiger partial charge in [-0.3, -0.25) is 14.9 Å². The van der Waals surface area contributed by atoms with E-state index in [4.69, 9.17) is 0 Å². The van der Waals surface area contributed by atoms with E-state index in [0.717, 1.165) is 6.54 Å². The molecule has 0 radical (unpaired) electrons. The maximum Gasteiger partial charge on any atom is 0.271 e. The quantitative estimate of drug-likeness (QED) is 0.658. The molecular formula is C12H14BrN3O3. The van der Waals surface area contributed by atoms with Gasteiger partial charge < -0.3 is 10.6 Å². The van der Waals surface area contributed by atoms with Gasteiger partial charge in [-0.1, -0.05) is 6.92 Å². The Balaban J connectivity index is 2.16. The number of carbonyl (C=O) groups excluding carboxylic acids is 1. The van der Waals surface area contributed by atoms with Crippen LogP contribution in [-0.4, -0.2) is 23.9 Å². The first-order valence-corrected chi connectivity index (χ1v) is 6.74. The summed E-state index contributed by atoms with van der Waals surface area (Å²) in [5.41, 5.74) is 0.384. The summed E-state index contributed by atoms with van der Waals surface area (Å²) in [6.45, 7) is 3.46. The summed E-state index contributed by atoms with van der Waals surface area (Å²) >= 11 is 3.28. The predicted octanol–water partition coefficient (Wildman–Crippen LogP) is 2.15. The molecule has 1 aliphatic rings. The second-order valence-corrected chi connectivity index (χ2v) is 5.51. The summed E-state index contributed by atoms with van der Waals surface area (Å²) in [5, 5.41) is 16.6. The zero-order valence-corrected chi connectivity index (χ0v) is 11.9. The van der Waals surface area contributed by atoms with Crippen LogP contribution < -0.4 is 10.6 Å². The van der Waals surface area contributed by atoms with Crippen LogP contribution in [0, 0.1) is 22.0 Å². The molecule has 6 nitrogen and oxygen atoms in total. The first-order valence-electron chi connectivity index (χ1n) is 5.94. The lowest BCUT2D eigenvalue weighted by Gasteiger charge is -2.14. The van der Waals surface area contributed by atoms with Crippen molar-refractivity contribution in [3.63, 3.8) is 0 Å². The molecule has 0 bridgehead atoms. The van der Waals surface area contributed by atoms with Crippen molar-refractivity contribution in [2.24, 2.45) is 11.8 Å². The molecule has 1 aliphatic heterocycles. The molecule has 1 fully saturated rings. The summed E-state index contributed by atoms with van der Waals surface area (Å²) in [5.74, 6) is 0.0438. The van der Waals surface area contributed by atoms with E-state index in [1.54, 1.807) is 6.07 Å². The fourth-order valence-corrected chi connectivity index (χ4v) is 2.45. The number of anilines is 1. The van der Waals surface area contributed by atoms with Crippen LogP contribution in [0.4, 0.5) is 11.4 Å². The molecule has 1 aromatic rings. The highest BCUT2D eigenvalue weighted by molar-refractivity contribution is 9.10. The number of nitro groups is 1. The Morgan fingerprint density at radius 3 is 2.84 bits per heavy atom. The Hall–Kier alpha value is -1.47. The van der Waals surface area contributed by atoms with Crippen molar-refractivity contribution in [1.82, 2.24) is 5.32 Å². The maximum atomic E-state index is 12.1. The number of nitrogens with one attached hydrogen (secondary N) is 2. The van der Waals surface area contributed by atoms with Crippen molar-refractivity contribution >= 4 is 33.2 Å². The van der Waals surface area contributed by atoms with Gasteiger partial charge in [0.15, 0.2) is 0 Å². The lowest BCUT2D eigenvalue weighted by atomic mass is 9.97. The van der Waals surface area contributed by atoms with Crippen molar-refractivity contribution in [3.05, 3.63) is 32.8 Å². The molecule has 1 aromatic carbocycles. The Kier molecular flexibility index (Phi) is 4.16. The topological polar surface area (TPSA) is 84.3 Å². The van der Waals surface area contributed by atoms with Gasteiger partial charge in [0.1, 0.15) is 0 Å². The third kappa shape index (κ3) is 3.10. The lowest BCUT2D eigenvalue weighted by molar-refractivity contribution is -0.384. The molecule has 1 amide bonds. The molecule has 0 aliphatic carbocycles. The van der Waals surface area contributed by atoms with Crippen LogP contribution in [0.25, 0.3) is 0 Å². The Bertz CT molecular complexity index is 521. The maximum absolute atomic E-state index is 12.1. The highest BCUT2D eigenvalue weighted by Crippen LogP contribution is 2.28. The molecule has 0 spiro atoms. The first kappa shape index (κ1) is 14.0. The number of carbonyl (C=O) groups is 1. The summed E-state index contributed by atoms with van der Waals surface area (Å²) in [7, 11) is 0. The van der Waals surface area contributed by atoms with E-state index < -0.39 is 4.92 Å². The molecule has 19 heavy (non-hydrogen) atoms. The second kappa shape index (κ2) is 5.66. The molecular weight excluding hydrogens is 314 g/mol. The number of nitro benzene ring substituents is 1. The third-order valence-corrected chi connectivity index (χ3v) is 3.96. The number of halogens is 1. The molecule has 0 aromatic heterocycles. The van der Waals surface area contributed by atoms with Gasteiger partial charge in [-0.25, -0.2) is 0 Å². The van der Waals surface area contributed by atoms with Crippen LogP contribution >= 0.6 is 15.9 Å². The normalized spacial score (nSPS) is 22.2. The zero-order valence-electron chi connectivity index (χ0n) is 10.4. The average Bonchev–Trinajstić information content (AvgIpc) is 2.78. The Morgan fingerprint density at radius 1 is 1.53 bits per heavy atom. The van der Waals surface area contributed by atoms with Crippen LogP contribution in [0.5, 0.6) is 0 Å². The molecule has 1 saturated heterocycles. The van der Waals surface area contributed by atoms with E-state index in [2.05, 4.69) is 26.6 Å². The molecule has 0 unspecified atom stereocenters. The van der Waals surface area contributed by atoms with E-state index in [-0.39, 0.29) is 23.4 Å². The van der Waals surface area contributed by atoms with Gasteiger partial charge in [0, 0.05) is 23.2 Å². The van der Waals surface area contributed by atoms with Gasteiger partial charge in [-0.2, -0.15) is 0 Å². The molecule has 0 saturated carbocycles. The van der Waals surface area contributed by atoms with Crippen LogP contribution in [0.15, 0.2) is 22.7 Å². The molecule has 7 heteroatoms. The Labute approximate surface area is 118 Å².